The van der Waals surface area contributed by atoms with Crippen LogP contribution in [-0.2, 0) is 19.1 Å². The summed E-state index contributed by atoms with van der Waals surface area (Å²) in [6, 6.07) is 5.98. The minimum Gasteiger partial charge on any atom is -0.478 e. The van der Waals surface area contributed by atoms with Crippen molar-refractivity contribution < 1.29 is 43.9 Å². The SMILES string of the molecule is CC(=O)Oc1ccccc1C(=O)O.O=[N+]([O-])O[C@@H]1CO[C@H]2[C@@H]1OC[C@@H]2O. The van der Waals surface area contributed by atoms with Gasteiger partial charge < -0.3 is 29.3 Å². The molecule has 2 N–H and O–H groups in total. The van der Waals surface area contributed by atoms with Crippen molar-refractivity contribution >= 4 is 11.9 Å². The van der Waals surface area contributed by atoms with Crippen LogP contribution in [0.15, 0.2) is 24.3 Å². The number of para-hydroxylation sites is 1. The van der Waals surface area contributed by atoms with Gasteiger partial charge in [0.05, 0.1) is 13.2 Å². The second-order valence-corrected chi connectivity index (χ2v) is 5.43. The van der Waals surface area contributed by atoms with Crippen LogP contribution in [0.5, 0.6) is 5.75 Å². The van der Waals surface area contributed by atoms with Gasteiger partial charge in [0.1, 0.15) is 29.6 Å². The molecule has 2 fully saturated rings. The molecule has 2 aliphatic rings. The fourth-order valence-corrected chi connectivity index (χ4v) is 2.53. The monoisotopic (exact) mass is 371 g/mol. The molecule has 26 heavy (non-hydrogen) atoms. The predicted molar refractivity (Wildman–Crippen MR) is 82.1 cm³/mol. The Morgan fingerprint density at radius 3 is 2.50 bits per heavy atom. The molecule has 2 heterocycles. The van der Waals surface area contributed by atoms with Gasteiger partial charge in [0.25, 0.3) is 5.09 Å². The molecular formula is C15H17NO10. The third-order valence-corrected chi connectivity index (χ3v) is 3.57. The highest BCUT2D eigenvalue weighted by Gasteiger charge is 2.48. The van der Waals surface area contributed by atoms with Crippen LogP contribution in [0, 0.1) is 10.1 Å². The van der Waals surface area contributed by atoms with Crippen molar-refractivity contribution in [2.24, 2.45) is 0 Å². The normalized spacial score (nSPS) is 26.2. The summed E-state index contributed by atoms with van der Waals surface area (Å²) in [4.78, 5) is 35.6. The summed E-state index contributed by atoms with van der Waals surface area (Å²) in [6.07, 6.45) is -2.41. The Labute approximate surface area is 147 Å². The molecule has 1 aromatic carbocycles. The Bertz CT molecular complexity index is 678. The van der Waals surface area contributed by atoms with E-state index in [1.807, 2.05) is 0 Å². The van der Waals surface area contributed by atoms with Gasteiger partial charge >= 0.3 is 11.9 Å². The average molecular weight is 371 g/mol. The van der Waals surface area contributed by atoms with Gasteiger partial charge in [0, 0.05) is 6.92 Å². The van der Waals surface area contributed by atoms with Crippen LogP contribution in [0.1, 0.15) is 17.3 Å². The van der Waals surface area contributed by atoms with Crippen molar-refractivity contribution in [2.75, 3.05) is 13.2 Å². The number of carbonyl (C=O) groups excluding carboxylic acids is 1. The van der Waals surface area contributed by atoms with E-state index in [2.05, 4.69) is 9.57 Å². The summed E-state index contributed by atoms with van der Waals surface area (Å²) >= 11 is 0. The van der Waals surface area contributed by atoms with Crippen LogP contribution >= 0.6 is 0 Å². The van der Waals surface area contributed by atoms with E-state index in [0.29, 0.717) is 0 Å². The number of ether oxygens (including phenoxy) is 3. The number of esters is 1. The number of hydrogen-bond donors (Lipinski definition) is 2. The molecule has 11 nitrogen and oxygen atoms in total. The van der Waals surface area contributed by atoms with E-state index in [0.717, 1.165) is 0 Å². The second kappa shape index (κ2) is 8.56. The number of nitrogens with zero attached hydrogens (tertiary/aromatic N) is 1. The molecule has 0 spiro atoms. The van der Waals surface area contributed by atoms with E-state index < -0.39 is 41.4 Å². The molecule has 4 atom stereocenters. The molecule has 0 aliphatic carbocycles. The molecule has 0 bridgehead atoms. The lowest BCUT2D eigenvalue weighted by Gasteiger charge is -2.12. The van der Waals surface area contributed by atoms with Crippen molar-refractivity contribution in [3.8, 4) is 5.75 Å². The largest absolute Gasteiger partial charge is 0.478 e. The molecule has 0 unspecified atom stereocenters. The van der Waals surface area contributed by atoms with Gasteiger partial charge in [-0.3, -0.25) is 4.79 Å². The van der Waals surface area contributed by atoms with E-state index in [9.17, 15) is 24.8 Å². The lowest BCUT2D eigenvalue weighted by Crippen LogP contribution is -2.33. The minimum atomic E-state index is -1.11. The number of carboxylic acids is 1. The Balaban J connectivity index is 0.000000187. The molecule has 0 saturated carbocycles. The van der Waals surface area contributed by atoms with Crippen LogP contribution in [0.4, 0.5) is 0 Å². The number of fused-ring (bicyclic) bond motifs is 1. The molecule has 0 amide bonds. The number of aliphatic hydroxyl groups excluding tert-OH is 1. The number of rotatable bonds is 4. The third kappa shape index (κ3) is 4.88. The highest BCUT2D eigenvalue weighted by atomic mass is 17.0. The quantitative estimate of drug-likeness (QED) is 0.320. The number of benzene rings is 1. The lowest BCUT2D eigenvalue weighted by atomic mass is 10.1. The van der Waals surface area contributed by atoms with Gasteiger partial charge in [0.2, 0.25) is 0 Å². The van der Waals surface area contributed by atoms with Crippen LogP contribution in [0.3, 0.4) is 0 Å². The minimum absolute atomic E-state index is 0.0160. The maximum atomic E-state index is 10.6. The maximum absolute atomic E-state index is 10.6. The van der Waals surface area contributed by atoms with Crippen molar-refractivity contribution in [3.63, 3.8) is 0 Å². The summed E-state index contributed by atoms with van der Waals surface area (Å²) in [5, 5.41) is 27.1. The molecule has 2 saturated heterocycles. The smallest absolute Gasteiger partial charge is 0.339 e. The fraction of sp³-hybridized carbons (Fsp3) is 0.467. The van der Waals surface area contributed by atoms with E-state index in [4.69, 9.17) is 14.6 Å². The summed E-state index contributed by atoms with van der Waals surface area (Å²) in [5.41, 5.74) is -0.0160. The first kappa shape index (κ1) is 19.6. The second-order valence-electron chi connectivity index (χ2n) is 5.43. The number of carboxylic acid groups (broad SMARTS) is 1. The van der Waals surface area contributed by atoms with E-state index >= 15 is 0 Å². The number of carbonyl (C=O) groups is 2. The first-order valence-electron chi connectivity index (χ1n) is 7.52. The highest BCUT2D eigenvalue weighted by molar-refractivity contribution is 5.91. The zero-order valence-corrected chi connectivity index (χ0v) is 13.6. The fourth-order valence-electron chi connectivity index (χ4n) is 2.53. The van der Waals surface area contributed by atoms with Crippen molar-refractivity contribution in [1.82, 2.24) is 0 Å². The van der Waals surface area contributed by atoms with Crippen LogP contribution in [-0.4, -0.2) is 64.9 Å². The Hall–Kier alpha value is -2.76. The van der Waals surface area contributed by atoms with Gasteiger partial charge in [-0.05, 0) is 12.1 Å². The van der Waals surface area contributed by atoms with Gasteiger partial charge in [0.15, 0.2) is 6.10 Å². The van der Waals surface area contributed by atoms with Crippen molar-refractivity contribution in [3.05, 3.63) is 39.9 Å². The summed E-state index contributed by atoms with van der Waals surface area (Å²) in [5.74, 6) is -1.58. The Morgan fingerprint density at radius 1 is 1.23 bits per heavy atom. The molecule has 11 heteroatoms. The molecule has 0 radical (unpaired) electrons. The summed E-state index contributed by atoms with van der Waals surface area (Å²) in [6.45, 7) is 1.46. The van der Waals surface area contributed by atoms with E-state index in [1.165, 1.54) is 19.1 Å². The number of aromatic carboxylic acids is 1. The molecule has 142 valence electrons. The standard InChI is InChI=1S/C9H8O4.C6H9NO6/c1-6(10)13-8-5-3-2-4-7(8)9(11)12;8-3-1-11-6-4(13-7(9)10)2-12-5(3)6/h2-5H,1H3,(H,11,12);3-6,8H,1-2H2/t;3-,4+,5+,6+/m.0/s1. The first-order chi connectivity index (χ1) is 12.3. The summed E-state index contributed by atoms with van der Waals surface area (Å²) < 4.78 is 14.9. The van der Waals surface area contributed by atoms with Crippen LogP contribution < -0.4 is 4.74 Å². The number of hydrogen-bond acceptors (Lipinski definition) is 9. The molecule has 0 aromatic heterocycles. The zero-order chi connectivity index (χ0) is 19.3. The molecule has 3 rings (SSSR count). The van der Waals surface area contributed by atoms with Gasteiger partial charge in [-0.1, -0.05) is 12.1 Å². The average Bonchev–Trinajstić information content (AvgIpc) is 3.11. The van der Waals surface area contributed by atoms with Crippen molar-refractivity contribution in [1.29, 1.82) is 0 Å². The first-order valence-corrected chi connectivity index (χ1v) is 7.52. The maximum Gasteiger partial charge on any atom is 0.339 e. The topological polar surface area (TPSA) is 155 Å². The van der Waals surface area contributed by atoms with Crippen LogP contribution in [0.2, 0.25) is 0 Å². The van der Waals surface area contributed by atoms with Crippen molar-refractivity contribution in [2.45, 2.75) is 31.3 Å². The third-order valence-electron chi connectivity index (χ3n) is 3.57. The van der Waals surface area contributed by atoms with E-state index in [-0.39, 0.29) is 24.5 Å². The van der Waals surface area contributed by atoms with E-state index in [1.54, 1.807) is 12.1 Å². The van der Waals surface area contributed by atoms with Crippen LogP contribution in [0.25, 0.3) is 0 Å². The van der Waals surface area contributed by atoms with Gasteiger partial charge in [-0.25, -0.2) is 4.79 Å². The highest BCUT2D eigenvalue weighted by Crippen LogP contribution is 2.28. The molecule has 1 aromatic rings. The van der Waals surface area contributed by atoms with Gasteiger partial charge in [-0.2, -0.15) is 0 Å². The lowest BCUT2D eigenvalue weighted by molar-refractivity contribution is -0.769. The number of aliphatic hydroxyl groups is 1. The molecular weight excluding hydrogens is 354 g/mol. The summed E-state index contributed by atoms with van der Waals surface area (Å²) in [7, 11) is 0. The van der Waals surface area contributed by atoms with Gasteiger partial charge in [-0.15, -0.1) is 10.1 Å². The predicted octanol–water partition coefficient (Wildman–Crippen LogP) is 0.0319. The molecule has 2 aliphatic heterocycles. The Morgan fingerprint density at radius 2 is 1.88 bits per heavy atom. The Kier molecular flexibility index (Phi) is 6.44. The zero-order valence-electron chi connectivity index (χ0n) is 13.6.